The van der Waals surface area contributed by atoms with E-state index in [0.717, 1.165) is 54.8 Å². The molecule has 100 valence electrons. The van der Waals surface area contributed by atoms with E-state index >= 15 is 0 Å². The molecule has 0 radical (unpaired) electrons. The van der Waals surface area contributed by atoms with Crippen LogP contribution in [0.4, 0.5) is 0 Å². The average Bonchev–Trinajstić information content (AvgIpc) is 2.82. The molecule has 0 atom stereocenters. The van der Waals surface area contributed by atoms with Crippen LogP contribution in [-0.2, 0) is 13.1 Å². The van der Waals surface area contributed by atoms with Crippen LogP contribution in [-0.4, -0.2) is 18.2 Å². The SMILES string of the molecule is c1cc(CNCc2nccs2)c2c(c1)OCCCO2. The van der Waals surface area contributed by atoms with Gasteiger partial charge >= 0.3 is 0 Å². The van der Waals surface area contributed by atoms with Crippen LogP contribution in [0.2, 0.25) is 0 Å². The maximum absolute atomic E-state index is 5.79. The quantitative estimate of drug-likeness (QED) is 0.932. The summed E-state index contributed by atoms with van der Waals surface area (Å²) in [5, 5.41) is 6.47. The lowest BCUT2D eigenvalue weighted by Crippen LogP contribution is -2.13. The number of benzene rings is 1. The normalized spacial score (nSPS) is 14.1. The largest absolute Gasteiger partial charge is 0.490 e. The van der Waals surface area contributed by atoms with Crippen LogP contribution in [0.3, 0.4) is 0 Å². The van der Waals surface area contributed by atoms with Crippen LogP contribution in [0.1, 0.15) is 17.0 Å². The Morgan fingerprint density at radius 2 is 2.16 bits per heavy atom. The molecule has 0 amide bonds. The molecule has 1 aromatic heterocycles. The monoisotopic (exact) mass is 276 g/mol. The number of aromatic nitrogens is 1. The fourth-order valence-electron chi connectivity index (χ4n) is 2.04. The second kappa shape index (κ2) is 6.04. The third kappa shape index (κ3) is 3.05. The summed E-state index contributed by atoms with van der Waals surface area (Å²) in [6.45, 7) is 2.98. The summed E-state index contributed by atoms with van der Waals surface area (Å²) in [7, 11) is 0. The van der Waals surface area contributed by atoms with Crippen molar-refractivity contribution in [3.63, 3.8) is 0 Å². The van der Waals surface area contributed by atoms with Crippen molar-refractivity contribution in [3.05, 3.63) is 40.3 Å². The van der Waals surface area contributed by atoms with Gasteiger partial charge in [0.25, 0.3) is 0 Å². The Hall–Kier alpha value is -1.59. The van der Waals surface area contributed by atoms with Gasteiger partial charge in [-0.1, -0.05) is 12.1 Å². The van der Waals surface area contributed by atoms with E-state index in [0.29, 0.717) is 0 Å². The number of para-hydroxylation sites is 1. The van der Waals surface area contributed by atoms with E-state index in [2.05, 4.69) is 16.4 Å². The highest BCUT2D eigenvalue weighted by molar-refractivity contribution is 7.09. The molecule has 3 rings (SSSR count). The van der Waals surface area contributed by atoms with Crippen LogP contribution in [0.25, 0.3) is 0 Å². The van der Waals surface area contributed by atoms with E-state index in [1.54, 1.807) is 11.3 Å². The number of ether oxygens (including phenoxy) is 2. The first-order valence-electron chi connectivity index (χ1n) is 6.40. The van der Waals surface area contributed by atoms with Gasteiger partial charge in [0.05, 0.1) is 13.2 Å². The molecular formula is C14H16N2O2S. The van der Waals surface area contributed by atoms with Crippen LogP contribution in [0.5, 0.6) is 11.5 Å². The van der Waals surface area contributed by atoms with Crippen molar-refractivity contribution in [2.24, 2.45) is 0 Å². The summed E-state index contributed by atoms with van der Waals surface area (Å²) in [5.74, 6) is 1.73. The Bertz CT molecular complexity index is 528. The van der Waals surface area contributed by atoms with Crippen molar-refractivity contribution in [2.45, 2.75) is 19.5 Å². The third-order valence-corrected chi connectivity index (χ3v) is 3.71. The molecular weight excluding hydrogens is 260 g/mol. The summed E-state index contributed by atoms with van der Waals surface area (Å²) in [6, 6.07) is 6.04. The van der Waals surface area contributed by atoms with Crippen LogP contribution >= 0.6 is 11.3 Å². The maximum Gasteiger partial charge on any atom is 0.165 e. The summed E-state index contributed by atoms with van der Waals surface area (Å²) in [4.78, 5) is 4.25. The van der Waals surface area contributed by atoms with Crippen LogP contribution < -0.4 is 14.8 Å². The molecule has 0 bridgehead atoms. The highest BCUT2D eigenvalue weighted by atomic mass is 32.1. The molecule has 19 heavy (non-hydrogen) atoms. The highest BCUT2D eigenvalue weighted by Crippen LogP contribution is 2.33. The minimum atomic E-state index is 0.719. The molecule has 0 spiro atoms. The van der Waals surface area contributed by atoms with Gasteiger partial charge in [-0.2, -0.15) is 0 Å². The van der Waals surface area contributed by atoms with E-state index in [1.807, 2.05) is 23.7 Å². The molecule has 1 aromatic carbocycles. The summed E-state index contributed by atoms with van der Waals surface area (Å²) in [6.07, 6.45) is 2.76. The molecule has 1 aliphatic rings. The fraction of sp³-hybridized carbons (Fsp3) is 0.357. The van der Waals surface area contributed by atoms with E-state index < -0.39 is 0 Å². The van der Waals surface area contributed by atoms with Crippen molar-refractivity contribution in [1.82, 2.24) is 10.3 Å². The van der Waals surface area contributed by atoms with Gasteiger partial charge in [-0.3, -0.25) is 0 Å². The van der Waals surface area contributed by atoms with Gasteiger partial charge in [0.2, 0.25) is 0 Å². The first-order chi connectivity index (χ1) is 9.43. The molecule has 5 heteroatoms. The second-order valence-electron chi connectivity index (χ2n) is 4.32. The van der Waals surface area contributed by atoms with E-state index in [1.165, 1.54) is 0 Å². The lowest BCUT2D eigenvalue weighted by molar-refractivity contribution is 0.296. The number of thiazole rings is 1. The molecule has 0 saturated carbocycles. The number of nitrogens with zero attached hydrogens (tertiary/aromatic N) is 1. The zero-order chi connectivity index (χ0) is 12.9. The Morgan fingerprint density at radius 1 is 1.21 bits per heavy atom. The fourth-order valence-corrected chi connectivity index (χ4v) is 2.62. The van der Waals surface area contributed by atoms with Gasteiger partial charge in [0.15, 0.2) is 11.5 Å². The minimum Gasteiger partial charge on any atom is -0.490 e. The molecule has 1 N–H and O–H groups in total. The molecule has 0 aliphatic carbocycles. The van der Waals surface area contributed by atoms with Gasteiger partial charge in [-0.15, -0.1) is 11.3 Å². The molecule has 2 heterocycles. The number of hydrogen-bond donors (Lipinski definition) is 1. The zero-order valence-electron chi connectivity index (χ0n) is 10.6. The molecule has 4 nitrogen and oxygen atoms in total. The number of fused-ring (bicyclic) bond motifs is 1. The average molecular weight is 276 g/mol. The Balaban J connectivity index is 1.67. The van der Waals surface area contributed by atoms with Crippen LogP contribution in [0.15, 0.2) is 29.8 Å². The van der Waals surface area contributed by atoms with E-state index in [9.17, 15) is 0 Å². The Labute approximate surface area is 116 Å². The first-order valence-corrected chi connectivity index (χ1v) is 7.28. The zero-order valence-corrected chi connectivity index (χ0v) is 11.4. The predicted molar refractivity (Wildman–Crippen MR) is 74.7 cm³/mol. The molecule has 2 aromatic rings. The summed E-state index contributed by atoms with van der Waals surface area (Å²) >= 11 is 1.66. The van der Waals surface area contributed by atoms with E-state index in [4.69, 9.17) is 9.47 Å². The van der Waals surface area contributed by atoms with Crippen molar-refractivity contribution in [1.29, 1.82) is 0 Å². The standard InChI is InChI=1S/C14H16N2O2S/c1-3-11(9-15-10-13-16-5-8-19-13)14-12(4-1)17-6-2-7-18-14/h1,3-5,8,15H,2,6-7,9-10H2. The van der Waals surface area contributed by atoms with Crippen LogP contribution in [0, 0.1) is 0 Å². The Morgan fingerprint density at radius 3 is 3.05 bits per heavy atom. The maximum atomic E-state index is 5.79. The van der Waals surface area contributed by atoms with Crippen molar-refractivity contribution < 1.29 is 9.47 Å². The number of rotatable bonds is 4. The van der Waals surface area contributed by atoms with Gasteiger partial charge in [-0.05, 0) is 6.07 Å². The number of hydrogen-bond acceptors (Lipinski definition) is 5. The number of nitrogens with one attached hydrogen (secondary N) is 1. The van der Waals surface area contributed by atoms with Crippen molar-refractivity contribution in [2.75, 3.05) is 13.2 Å². The first kappa shape index (κ1) is 12.4. The highest BCUT2D eigenvalue weighted by Gasteiger charge is 2.13. The van der Waals surface area contributed by atoms with Gasteiger partial charge in [0, 0.05) is 36.7 Å². The smallest absolute Gasteiger partial charge is 0.165 e. The molecule has 0 unspecified atom stereocenters. The lowest BCUT2D eigenvalue weighted by Gasteiger charge is -2.12. The van der Waals surface area contributed by atoms with Gasteiger partial charge < -0.3 is 14.8 Å². The van der Waals surface area contributed by atoms with E-state index in [-0.39, 0.29) is 0 Å². The van der Waals surface area contributed by atoms with Gasteiger partial charge in [-0.25, -0.2) is 4.98 Å². The summed E-state index contributed by atoms with van der Waals surface area (Å²) < 4.78 is 11.5. The lowest BCUT2D eigenvalue weighted by atomic mass is 10.2. The van der Waals surface area contributed by atoms with Crippen molar-refractivity contribution >= 4 is 11.3 Å². The second-order valence-corrected chi connectivity index (χ2v) is 5.30. The Kier molecular flexibility index (Phi) is 3.95. The van der Waals surface area contributed by atoms with Gasteiger partial charge in [0.1, 0.15) is 5.01 Å². The molecule has 1 aliphatic heterocycles. The third-order valence-electron chi connectivity index (χ3n) is 2.93. The summed E-state index contributed by atoms with van der Waals surface area (Å²) in [5.41, 5.74) is 1.14. The molecule has 0 fully saturated rings. The topological polar surface area (TPSA) is 43.4 Å². The minimum absolute atomic E-state index is 0.719. The van der Waals surface area contributed by atoms with Crippen molar-refractivity contribution in [3.8, 4) is 11.5 Å². The predicted octanol–water partition coefficient (Wildman–Crippen LogP) is 2.59. The molecule has 0 saturated heterocycles.